The summed E-state index contributed by atoms with van der Waals surface area (Å²) < 4.78 is 27.4. The van der Waals surface area contributed by atoms with E-state index in [2.05, 4.69) is 0 Å². The second kappa shape index (κ2) is 4.19. The molecular formula is C9H11ClO3S. The molecule has 0 heterocycles. The molecule has 5 heteroatoms. The molecule has 3 nitrogen and oxygen atoms in total. The Morgan fingerprint density at radius 2 is 2.07 bits per heavy atom. The predicted octanol–water partition coefficient (Wildman–Crippen LogP) is 2.32. The van der Waals surface area contributed by atoms with Gasteiger partial charge in [0.25, 0.3) is 9.05 Å². The minimum absolute atomic E-state index is 0.0200. The predicted molar refractivity (Wildman–Crippen MR) is 55.4 cm³/mol. The molecule has 0 spiro atoms. The van der Waals surface area contributed by atoms with Crippen molar-refractivity contribution in [2.24, 2.45) is 0 Å². The lowest BCUT2D eigenvalue weighted by Crippen LogP contribution is -1.99. The molecule has 1 rings (SSSR count). The van der Waals surface area contributed by atoms with E-state index in [0.717, 1.165) is 5.56 Å². The van der Waals surface area contributed by atoms with Gasteiger partial charge in [0.15, 0.2) is 0 Å². The zero-order valence-corrected chi connectivity index (χ0v) is 9.52. The quantitative estimate of drug-likeness (QED) is 0.754. The van der Waals surface area contributed by atoms with Gasteiger partial charge in [-0.05, 0) is 31.5 Å². The average molecular weight is 235 g/mol. The molecule has 0 atom stereocenters. The van der Waals surface area contributed by atoms with Crippen LogP contribution in [-0.4, -0.2) is 15.0 Å². The number of ether oxygens (including phenoxy) is 1. The van der Waals surface area contributed by atoms with Crippen molar-refractivity contribution in [1.29, 1.82) is 0 Å². The molecule has 0 saturated carbocycles. The van der Waals surface area contributed by atoms with Crippen molar-refractivity contribution < 1.29 is 13.2 Å². The summed E-state index contributed by atoms with van der Waals surface area (Å²) in [4.78, 5) is 0.0200. The van der Waals surface area contributed by atoms with Crippen molar-refractivity contribution in [2.75, 3.05) is 6.61 Å². The van der Waals surface area contributed by atoms with Crippen molar-refractivity contribution in [2.45, 2.75) is 18.7 Å². The van der Waals surface area contributed by atoms with Crippen LogP contribution in [0, 0.1) is 6.92 Å². The summed E-state index contributed by atoms with van der Waals surface area (Å²) in [6.07, 6.45) is 0. The van der Waals surface area contributed by atoms with Gasteiger partial charge in [-0.2, -0.15) is 0 Å². The first-order valence-corrected chi connectivity index (χ1v) is 6.44. The van der Waals surface area contributed by atoms with Gasteiger partial charge in [0.1, 0.15) is 10.6 Å². The molecule has 0 bridgehead atoms. The smallest absolute Gasteiger partial charge is 0.264 e. The summed E-state index contributed by atoms with van der Waals surface area (Å²) in [7, 11) is 1.52. The van der Waals surface area contributed by atoms with Crippen LogP contribution < -0.4 is 4.74 Å². The van der Waals surface area contributed by atoms with E-state index >= 15 is 0 Å². The van der Waals surface area contributed by atoms with Crippen LogP contribution in [0.4, 0.5) is 0 Å². The highest BCUT2D eigenvalue weighted by Crippen LogP contribution is 2.27. The lowest BCUT2D eigenvalue weighted by molar-refractivity contribution is 0.331. The van der Waals surface area contributed by atoms with E-state index in [0.29, 0.717) is 12.4 Å². The molecular weight excluding hydrogens is 224 g/mol. The summed E-state index contributed by atoms with van der Waals surface area (Å²) in [5.74, 6) is 0.308. The van der Waals surface area contributed by atoms with Crippen molar-refractivity contribution in [3.8, 4) is 5.75 Å². The standard InChI is InChI=1S/C9H11ClO3S/c1-3-13-8-6-7(2)4-5-9(8)14(10,11)12/h4-6H,3H2,1-2H3. The first-order valence-electron chi connectivity index (χ1n) is 4.13. The van der Waals surface area contributed by atoms with Gasteiger partial charge in [-0.25, -0.2) is 8.42 Å². The van der Waals surface area contributed by atoms with E-state index in [1.807, 2.05) is 6.92 Å². The number of halogens is 1. The normalized spacial score (nSPS) is 11.4. The first-order chi connectivity index (χ1) is 6.45. The molecule has 0 N–H and O–H groups in total. The zero-order chi connectivity index (χ0) is 10.8. The number of hydrogen-bond acceptors (Lipinski definition) is 3. The minimum atomic E-state index is -3.73. The Bertz CT molecular complexity index is 426. The summed E-state index contributed by atoms with van der Waals surface area (Å²) in [6.45, 7) is 4.04. The highest BCUT2D eigenvalue weighted by Gasteiger charge is 2.16. The van der Waals surface area contributed by atoms with Crippen LogP contribution in [0.1, 0.15) is 12.5 Å². The Hall–Kier alpha value is -0.740. The third-order valence-corrected chi connectivity index (χ3v) is 3.02. The molecule has 14 heavy (non-hydrogen) atoms. The Kier molecular flexibility index (Phi) is 3.39. The second-order valence-electron chi connectivity index (χ2n) is 2.82. The molecule has 0 aliphatic heterocycles. The van der Waals surface area contributed by atoms with Gasteiger partial charge in [0.05, 0.1) is 6.61 Å². The van der Waals surface area contributed by atoms with Crippen molar-refractivity contribution in [3.63, 3.8) is 0 Å². The second-order valence-corrected chi connectivity index (χ2v) is 5.36. The maximum atomic E-state index is 11.1. The number of hydrogen-bond donors (Lipinski definition) is 0. The molecule has 1 aromatic rings. The largest absolute Gasteiger partial charge is 0.492 e. The first kappa shape index (κ1) is 11.3. The third kappa shape index (κ3) is 2.62. The van der Waals surface area contributed by atoms with Crippen LogP contribution in [0.25, 0.3) is 0 Å². The summed E-state index contributed by atoms with van der Waals surface area (Å²) in [5, 5.41) is 0. The van der Waals surface area contributed by atoms with Gasteiger partial charge in [0, 0.05) is 10.7 Å². The number of rotatable bonds is 3. The summed E-state index contributed by atoms with van der Waals surface area (Å²) in [5.41, 5.74) is 0.928. The average Bonchev–Trinajstić information content (AvgIpc) is 2.02. The third-order valence-electron chi connectivity index (χ3n) is 1.66. The summed E-state index contributed by atoms with van der Waals surface area (Å²) >= 11 is 0. The van der Waals surface area contributed by atoms with Gasteiger partial charge in [-0.15, -0.1) is 0 Å². The Balaban J connectivity index is 3.29. The van der Waals surface area contributed by atoms with Gasteiger partial charge in [-0.3, -0.25) is 0 Å². The van der Waals surface area contributed by atoms with E-state index in [1.54, 1.807) is 19.1 Å². The van der Waals surface area contributed by atoms with Crippen LogP contribution in [0.2, 0.25) is 0 Å². The fraction of sp³-hybridized carbons (Fsp3) is 0.333. The molecule has 0 aromatic heterocycles. The molecule has 0 fully saturated rings. The van der Waals surface area contributed by atoms with Crippen LogP contribution in [-0.2, 0) is 9.05 Å². The molecule has 0 aliphatic carbocycles. The van der Waals surface area contributed by atoms with Crippen molar-refractivity contribution in [1.82, 2.24) is 0 Å². The Morgan fingerprint density at radius 1 is 1.43 bits per heavy atom. The van der Waals surface area contributed by atoms with Crippen molar-refractivity contribution >= 4 is 19.7 Å². The van der Waals surface area contributed by atoms with Gasteiger partial charge in [0.2, 0.25) is 0 Å². The highest BCUT2D eigenvalue weighted by atomic mass is 35.7. The van der Waals surface area contributed by atoms with E-state index in [1.165, 1.54) is 6.07 Å². The van der Waals surface area contributed by atoms with Crippen LogP contribution in [0.3, 0.4) is 0 Å². The fourth-order valence-corrected chi connectivity index (χ4v) is 2.06. The lowest BCUT2D eigenvalue weighted by atomic mass is 10.2. The summed E-state index contributed by atoms with van der Waals surface area (Å²) in [6, 6.07) is 4.78. The highest BCUT2D eigenvalue weighted by molar-refractivity contribution is 8.13. The number of benzene rings is 1. The van der Waals surface area contributed by atoms with E-state index in [4.69, 9.17) is 15.4 Å². The van der Waals surface area contributed by atoms with E-state index < -0.39 is 9.05 Å². The van der Waals surface area contributed by atoms with Gasteiger partial charge < -0.3 is 4.74 Å². The molecule has 0 radical (unpaired) electrons. The van der Waals surface area contributed by atoms with Crippen LogP contribution >= 0.6 is 10.7 Å². The topological polar surface area (TPSA) is 43.4 Å². The van der Waals surface area contributed by atoms with Gasteiger partial charge in [-0.1, -0.05) is 6.07 Å². The van der Waals surface area contributed by atoms with Crippen LogP contribution in [0.5, 0.6) is 5.75 Å². The van der Waals surface area contributed by atoms with E-state index in [-0.39, 0.29) is 4.90 Å². The maximum Gasteiger partial charge on any atom is 0.264 e. The number of aryl methyl sites for hydroxylation is 1. The van der Waals surface area contributed by atoms with Crippen molar-refractivity contribution in [3.05, 3.63) is 23.8 Å². The van der Waals surface area contributed by atoms with Crippen LogP contribution in [0.15, 0.2) is 23.1 Å². The maximum absolute atomic E-state index is 11.1. The Morgan fingerprint density at radius 3 is 2.57 bits per heavy atom. The minimum Gasteiger partial charge on any atom is -0.492 e. The zero-order valence-electron chi connectivity index (χ0n) is 7.95. The molecule has 78 valence electrons. The Labute approximate surface area is 88.1 Å². The molecule has 0 unspecified atom stereocenters. The van der Waals surface area contributed by atoms with E-state index in [9.17, 15) is 8.42 Å². The monoisotopic (exact) mass is 234 g/mol. The SMILES string of the molecule is CCOc1cc(C)ccc1S(=O)(=O)Cl. The lowest BCUT2D eigenvalue weighted by Gasteiger charge is -2.08. The van der Waals surface area contributed by atoms with Gasteiger partial charge >= 0.3 is 0 Å². The molecule has 1 aromatic carbocycles. The fourth-order valence-electron chi connectivity index (χ4n) is 1.09. The molecule has 0 amide bonds. The molecule has 0 aliphatic rings. The molecule has 0 saturated heterocycles.